The van der Waals surface area contributed by atoms with Gasteiger partial charge in [0.25, 0.3) is 5.91 Å². The molecular formula is C24H21ClF2N2O4. The molecule has 3 rings (SSSR count). The number of hydrogen-bond donors (Lipinski definition) is 2. The Bertz CT molecular complexity index is 1230. The molecule has 0 fully saturated rings. The van der Waals surface area contributed by atoms with Crippen LogP contribution in [-0.4, -0.2) is 19.0 Å². The van der Waals surface area contributed by atoms with Crippen molar-refractivity contribution in [1.82, 2.24) is 5.32 Å². The topological polar surface area (TPSA) is 76.7 Å². The van der Waals surface area contributed by atoms with Gasteiger partial charge in [-0.3, -0.25) is 10.1 Å². The fourth-order valence-corrected chi connectivity index (χ4v) is 3.40. The zero-order chi connectivity index (χ0) is 24.3. The number of methoxy groups -OCH3 is 1. The molecule has 172 valence electrons. The number of halogens is 3. The van der Waals surface area contributed by atoms with Gasteiger partial charge in [-0.05, 0) is 73.9 Å². The first-order valence-electron chi connectivity index (χ1n) is 9.81. The lowest BCUT2D eigenvalue weighted by Gasteiger charge is -2.18. The molecule has 0 bridgehead atoms. The standard InChI is InChI=1S/C24H21ClF2N2O4/c1-12-10-15(32-4)8-9-19(12)33-22-13(2)11-18(14(3)21(22)25)28-24(31)29-23(30)20-16(26)6-5-7-17(20)27/h5-11H,1-4H3,(H2,28,29,30,31). The van der Waals surface area contributed by atoms with Gasteiger partial charge in [-0.2, -0.15) is 0 Å². The molecule has 2 N–H and O–H groups in total. The molecule has 0 unspecified atom stereocenters. The lowest BCUT2D eigenvalue weighted by Crippen LogP contribution is -2.35. The summed E-state index contributed by atoms with van der Waals surface area (Å²) in [6, 6.07) is 8.94. The Morgan fingerprint density at radius 1 is 0.970 bits per heavy atom. The Hall–Kier alpha value is -3.65. The monoisotopic (exact) mass is 474 g/mol. The van der Waals surface area contributed by atoms with Crippen LogP contribution >= 0.6 is 11.6 Å². The van der Waals surface area contributed by atoms with Crippen molar-refractivity contribution < 1.29 is 27.8 Å². The molecule has 9 heteroatoms. The molecule has 3 aromatic carbocycles. The van der Waals surface area contributed by atoms with Crippen LogP contribution in [0.4, 0.5) is 19.3 Å². The molecule has 0 atom stereocenters. The van der Waals surface area contributed by atoms with Crippen molar-refractivity contribution in [3.63, 3.8) is 0 Å². The molecule has 0 saturated heterocycles. The zero-order valence-corrected chi connectivity index (χ0v) is 19.1. The first-order chi connectivity index (χ1) is 15.6. The number of amides is 3. The fraction of sp³-hybridized carbons (Fsp3) is 0.167. The minimum atomic E-state index is -1.21. The van der Waals surface area contributed by atoms with Crippen LogP contribution in [0.1, 0.15) is 27.0 Å². The molecule has 3 amide bonds. The van der Waals surface area contributed by atoms with Gasteiger partial charge in [0.2, 0.25) is 0 Å². The van der Waals surface area contributed by atoms with E-state index in [0.29, 0.717) is 34.1 Å². The summed E-state index contributed by atoms with van der Waals surface area (Å²) >= 11 is 6.50. The maximum atomic E-state index is 13.8. The highest BCUT2D eigenvalue weighted by Gasteiger charge is 2.21. The number of carbonyl (C=O) groups excluding carboxylic acids is 2. The zero-order valence-electron chi connectivity index (χ0n) is 18.3. The van der Waals surface area contributed by atoms with E-state index in [4.69, 9.17) is 21.1 Å². The summed E-state index contributed by atoms with van der Waals surface area (Å²) in [5.74, 6) is -1.70. The molecule has 3 aromatic rings. The van der Waals surface area contributed by atoms with Gasteiger partial charge in [0.05, 0.1) is 12.1 Å². The van der Waals surface area contributed by atoms with Crippen LogP contribution in [-0.2, 0) is 0 Å². The van der Waals surface area contributed by atoms with Crippen molar-refractivity contribution in [2.45, 2.75) is 20.8 Å². The summed E-state index contributed by atoms with van der Waals surface area (Å²) in [7, 11) is 1.57. The summed E-state index contributed by atoms with van der Waals surface area (Å²) in [5, 5.41) is 4.64. The molecule has 6 nitrogen and oxygen atoms in total. The van der Waals surface area contributed by atoms with Gasteiger partial charge in [-0.25, -0.2) is 13.6 Å². The number of urea groups is 1. The van der Waals surface area contributed by atoms with Crippen LogP contribution in [0.15, 0.2) is 42.5 Å². The van der Waals surface area contributed by atoms with E-state index >= 15 is 0 Å². The van der Waals surface area contributed by atoms with E-state index in [0.717, 1.165) is 23.8 Å². The largest absolute Gasteiger partial charge is 0.497 e. The lowest BCUT2D eigenvalue weighted by atomic mass is 10.1. The Labute approximate surface area is 194 Å². The molecule has 33 heavy (non-hydrogen) atoms. The van der Waals surface area contributed by atoms with Gasteiger partial charge in [0.1, 0.15) is 34.4 Å². The van der Waals surface area contributed by atoms with Crippen molar-refractivity contribution in [1.29, 1.82) is 0 Å². The fourth-order valence-electron chi connectivity index (χ4n) is 3.11. The summed E-state index contributed by atoms with van der Waals surface area (Å²) < 4.78 is 38.7. The second-order valence-electron chi connectivity index (χ2n) is 7.25. The van der Waals surface area contributed by atoms with E-state index in [9.17, 15) is 18.4 Å². The first-order valence-corrected chi connectivity index (χ1v) is 10.2. The number of hydrogen-bond acceptors (Lipinski definition) is 4. The van der Waals surface area contributed by atoms with Crippen LogP contribution in [0, 0.1) is 32.4 Å². The van der Waals surface area contributed by atoms with Crippen molar-refractivity contribution in [3.8, 4) is 17.2 Å². The third kappa shape index (κ3) is 5.23. The van der Waals surface area contributed by atoms with Crippen molar-refractivity contribution in [2.75, 3.05) is 12.4 Å². The SMILES string of the molecule is COc1ccc(Oc2c(C)cc(NC(=O)NC(=O)c3c(F)cccc3F)c(C)c2Cl)c(C)c1. The van der Waals surface area contributed by atoms with Crippen LogP contribution in [0.3, 0.4) is 0 Å². The highest BCUT2D eigenvalue weighted by atomic mass is 35.5. The molecule has 0 heterocycles. The quantitative estimate of drug-likeness (QED) is 0.454. The highest BCUT2D eigenvalue weighted by Crippen LogP contribution is 2.40. The minimum Gasteiger partial charge on any atom is -0.497 e. The van der Waals surface area contributed by atoms with Crippen LogP contribution in [0.5, 0.6) is 17.2 Å². The molecule has 0 aliphatic heterocycles. The smallest absolute Gasteiger partial charge is 0.326 e. The van der Waals surface area contributed by atoms with Gasteiger partial charge in [-0.15, -0.1) is 0 Å². The van der Waals surface area contributed by atoms with E-state index in [1.54, 1.807) is 39.2 Å². The minimum absolute atomic E-state index is 0.256. The predicted molar refractivity (Wildman–Crippen MR) is 122 cm³/mol. The molecule has 0 radical (unpaired) electrons. The maximum absolute atomic E-state index is 13.8. The number of rotatable bonds is 5. The second-order valence-corrected chi connectivity index (χ2v) is 7.63. The first kappa shape index (κ1) is 24.0. The number of ether oxygens (including phenoxy) is 2. The number of nitrogens with one attached hydrogen (secondary N) is 2. The molecular weight excluding hydrogens is 454 g/mol. The maximum Gasteiger partial charge on any atom is 0.326 e. The average Bonchev–Trinajstić information content (AvgIpc) is 2.75. The van der Waals surface area contributed by atoms with Gasteiger partial charge in [0, 0.05) is 5.69 Å². The highest BCUT2D eigenvalue weighted by molar-refractivity contribution is 6.33. The summed E-state index contributed by atoms with van der Waals surface area (Å²) in [6.45, 7) is 5.26. The lowest BCUT2D eigenvalue weighted by molar-refractivity contribution is 0.0959. The van der Waals surface area contributed by atoms with E-state index in [1.807, 2.05) is 18.3 Å². The van der Waals surface area contributed by atoms with E-state index in [2.05, 4.69) is 5.32 Å². The summed E-state index contributed by atoms with van der Waals surface area (Å²) in [6.07, 6.45) is 0. The second kappa shape index (κ2) is 9.87. The van der Waals surface area contributed by atoms with Crippen LogP contribution in [0.2, 0.25) is 5.02 Å². The third-order valence-electron chi connectivity index (χ3n) is 4.91. The van der Waals surface area contributed by atoms with E-state index in [1.165, 1.54) is 0 Å². The van der Waals surface area contributed by atoms with Crippen molar-refractivity contribution in [3.05, 3.63) is 81.4 Å². The normalized spacial score (nSPS) is 10.5. The Kier molecular flexibility index (Phi) is 7.18. The number of anilines is 1. The van der Waals surface area contributed by atoms with Gasteiger partial charge in [-0.1, -0.05) is 17.7 Å². The molecule has 0 aromatic heterocycles. The number of carbonyl (C=O) groups is 2. The number of benzene rings is 3. The predicted octanol–water partition coefficient (Wildman–Crippen LogP) is 6.31. The van der Waals surface area contributed by atoms with E-state index < -0.39 is 29.1 Å². The number of imide groups is 1. The van der Waals surface area contributed by atoms with Gasteiger partial charge in [0.15, 0.2) is 0 Å². The molecule has 0 aliphatic carbocycles. The molecule has 0 saturated carbocycles. The number of aryl methyl sites for hydroxylation is 2. The van der Waals surface area contributed by atoms with Crippen molar-refractivity contribution in [2.24, 2.45) is 0 Å². The average molecular weight is 475 g/mol. The van der Waals surface area contributed by atoms with Crippen LogP contribution in [0.25, 0.3) is 0 Å². The molecule has 0 aliphatic rings. The van der Waals surface area contributed by atoms with Crippen molar-refractivity contribution >= 4 is 29.2 Å². The summed E-state index contributed by atoms with van der Waals surface area (Å²) in [4.78, 5) is 24.4. The Morgan fingerprint density at radius 2 is 1.64 bits per heavy atom. The summed E-state index contributed by atoms with van der Waals surface area (Å²) in [5.41, 5.74) is 1.38. The molecule has 0 spiro atoms. The van der Waals surface area contributed by atoms with Crippen LogP contribution < -0.4 is 20.1 Å². The van der Waals surface area contributed by atoms with E-state index in [-0.39, 0.29) is 5.02 Å². The van der Waals surface area contributed by atoms with Gasteiger partial charge < -0.3 is 14.8 Å². The van der Waals surface area contributed by atoms with Gasteiger partial charge >= 0.3 is 6.03 Å². The Balaban J connectivity index is 1.80. The third-order valence-corrected chi connectivity index (χ3v) is 5.37. The Morgan fingerprint density at radius 3 is 2.24 bits per heavy atom.